The predicted octanol–water partition coefficient (Wildman–Crippen LogP) is 6.15. The van der Waals surface area contributed by atoms with Gasteiger partial charge in [-0.05, 0) is 37.5 Å². The highest BCUT2D eigenvalue weighted by Gasteiger charge is 2.01. The van der Waals surface area contributed by atoms with E-state index in [1.807, 2.05) is 18.2 Å². The van der Waals surface area contributed by atoms with Crippen LogP contribution in [-0.2, 0) is 0 Å². The van der Waals surface area contributed by atoms with E-state index in [9.17, 15) is 0 Å². The number of halogens is 2. The summed E-state index contributed by atoms with van der Waals surface area (Å²) in [6.07, 6.45) is 9.03. The quantitative estimate of drug-likeness (QED) is 0.364. The molecule has 3 heteroatoms. The molecule has 0 aliphatic rings. The number of ether oxygens (including phenoxy) is 1. The van der Waals surface area contributed by atoms with Crippen LogP contribution in [-0.4, -0.2) is 11.9 Å². The lowest BCUT2D eigenvalue weighted by atomic mass is 10.1. The van der Waals surface area contributed by atoms with Gasteiger partial charge in [0.2, 0.25) is 0 Å². The molecule has 0 saturated heterocycles. The van der Waals surface area contributed by atoms with Gasteiger partial charge in [-0.2, -0.15) is 0 Å². The number of aryl methyl sites for hydroxylation is 1. The predicted molar refractivity (Wildman–Crippen MR) is 87.8 cm³/mol. The van der Waals surface area contributed by atoms with Gasteiger partial charge < -0.3 is 4.74 Å². The standard InChI is InChI=1S/C16H24BrClO/c1-14-9-10-15(18)16(13-14)19-12-8-6-4-2-3-5-7-11-17/h9-10,13H,2-8,11-12H2,1H3. The first-order valence-electron chi connectivity index (χ1n) is 7.19. The summed E-state index contributed by atoms with van der Waals surface area (Å²) < 4.78 is 5.72. The molecule has 0 radical (unpaired) electrons. The van der Waals surface area contributed by atoms with Crippen LogP contribution in [0.25, 0.3) is 0 Å². The van der Waals surface area contributed by atoms with Gasteiger partial charge in [0.25, 0.3) is 0 Å². The smallest absolute Gasteiger partial charge is 0.138 e. The molecule has 1 aromatic rings. The van der Waals surface area contributed by atoms with Gasteiger partial charge in [0.1, 0.15) is 5.75 Å². The molecule has 0 bridgehead atoms. The Morgan fingerprint density at radius 1 is 1.00 bits per heavy atom. The van der Waals surface area contributed by atoms with Gasteiger partial charge in [0, 0.05) is 5.33 Å². The summed E-state index contributed by atoms with van der Waals surface area (Å²) in [5.74, 6) is 0.819. The highest BCUT2D eigenvalue weighted by Crippen LogP contribution is 2.25. The summed E-state index contributed by atoms with van der Waals surface area (Å²) in [5, 5.41) is 1.85. The average Bonchev–Trinajstić information content (AvgIpc) is 2.40. The van der Waals surface area contributed by atoms with Crippen molar-refractivity contribution in [3.8, 4) is 5.75 Å². The molecular formula is C16H24BrClO. The van der Waals surface area contributed by atoms with Gasteiger partial charge in [-0.1, -0.05) is 65.7 Å². The second kappa shape index (κ2) is 10.6. The van der Waals surface area contributed by atoms with Crippen LogP contribution in [0.2, 0.25) is 5.02 Å². The maximum atomic E-state index is 6.08. The maximum Gasteiger partial charge on any atom is 0.138 e. The van der Waals surface area contributed by atoms with E-state index in [0.29, 0.717) is 5.02 Å². The van der Waals surface area contributed by atoms with Crippen molar-refractivity contribution < 1.29 is 4.74 Å². The van der Waals surface area contributed by atoms with Crippen LogP contribution in [0.15, 0.2) is 18.2 Å². The normalized spacial score (nSPS) is 10.7. The van der Waals surface area contributed by atoms with Gasteiger partial charge in [0.15, 0.2) is 0 Å². The zero-order valence-corrected chi connectivity index (χ0v) is 14.1. The lowest BCUT2D eigenvalue weighted by molar-refractivity contribution is 0.304. The van der Waals surface area contributed by atoms with E-state index in [1.165, 1.54) is 44.1 Å². The van der Waals surface area contributed by atoms with E-state index < -0.39 is 0 Å². The van der Waals surface area contributed by atoms with E-state index >= 15 is 0 Å². The van der Waals surface area contributed by atoms with E-state index in [-0.39, 0.29) is 0 Å². The van der Waals surface area contributed by atoms with Crippen molar-refractivity contribution in [3.63, 3.8) is 0 Å². The Morgan fingerprint density at radius 2 is 1.63 bits per heavy atom. The van der Waals surface area contributed by atoms with Crippen LogP contribution in [0.4, 0.5) is 0 Å². The molecular weight excluding hydrogens is 324 g/mol. The fourth-order valence-corrected chi connectivity index (χ4v) is 2.55. The lowest BCUT2D eigenvalue weighted by Gasteiger charge is -2.08. The third-order valence-corrected chi connectivity index (χ3v) is 4.00. The van der Waals surface area contributed by atoms with Crippen molar-refractivity contribution in [2.45, 2.75) is 51.9 Å². The largest absolute Gasteiger partial charge is 0.492 e. The molecule has 0 spiro atoms. The number of benzene rings is 1. The fourth-order valence-electron chi connectivity index (χ4n) is 1.98. The minimum atomic E-state index is 0.709. The zero-order valence-electron chi connectivity index (χ0n) is 11.8. The molecule has 0 aliphatic carbocycles. The fraction of sp³-hybridized carbons (Fsp3) is 0.625. The Bertz CT molecular complexity index is 355. The molecule has 108 valence electrons. The Labute approximate surface area is 130 Å². The Kier molecular flexibility index (Phi) is 9.36. The monoisotopic (exact) mass is 346 g/mol. The molecule has 0 N–H and O–H groups in total. The van der Waals surface area contributed by atoms with Crippen LogP contribution < -0.4 is 4.74 Å². The van der Waals surface area contributed by atoms with Gasteiger partial charge in [-0.25, -0.2) is 0 Å². The Balaban J connectivity index is 2.03. The Morgan fingerprint density at radius 3 is 2.32 bits per heavy atom. The SMILES string of the molecule is Cc1ccc(Cl)c(OCCCCCCCCCBr)c1. The van der Waals surface area contributed by atoms with Crippen molar-refractivity contribution in [3.05, 3.63) is 28.8 Å². The summed E-state index contributed by atoms with van der Waals surface area (Å²) in [4.78, 5) is 0. The molecule has 1 aromatic carbocycles. The van der Waals surface area contributed by atoms with Crippen LogP contribution in [0.5, 0.6) is 5.75 Å². The molecule has 1 nitrogen and oxygen atoms in total. The molecule has 1 rings (SSSR count). The van der Waals surface area contributed by atoms with Gasteiger partial charge in [0.05, 0.1) is 11.6 Å². The Hall–Kier alpha value is -0.210. The lowest BCUT2D eigenvalue weighted by Crippen LogP contribution is -1.98. The number of hydrogen-bond donors (Lipinski definition) is 0. The molecule has 0 saturated carbocycles. The van der Waals surface area contributed by atoms with Crippen LogP contribution in [0, 0.1) is 6.92 Å². The molecule has 0 atom stereocenters. The first kappa shape index (κ1) is 16.8. The van der Waals surface area contributed by atoms with E-state index in [4.69, 9.17) is 16.3 Å². The van der Waals surface area contributed by atoms with Crippen molar-refractivity contribution in [1.82, 2.24) is 0 Å². The van der Waals surface area contributed by atoms with Gasteiger partial charge >= 0.3 is 0 Å². The summed E-state index contributed by atoms with van der Waals surface area (Å²) >= 11 is 9.54. The molecule has 19 heavy (non-hydrogen) atoms. The third-order valence-electron chi connectivity index (χ3n) is 3.12. The summed E-state index contributed by atoms with van der Waals surface area (Å²) in [7, 11) is 0. The minimum absolute atomic E-state index is 0.709. The summed E-state index contributed by atoms with van der Waals surface area (Å²) in [5.41, 5.74) is 1.19. The topological polar surface area (TPSA) is 9.23 Å². The highest BCUT2D eigenvalue weighted by molar-refractivity contribution is 9.09. The molecule has 0 unspecified atom stereocenters. The molecule has 0 amide bonds. The van der Waals surface area contributed by atoms with Gasteiger partial charge in [-0.3, -0.25) is 0 Å². The summed E-state index contributed by atoms with van der Waals surface area (Å²) in [6, 6.07) is 5.90. The molecule has 0 aromatic heterocycles. The minimum Gasteiger partial charge on any atom is -0.492 e. The first-order valence-corrected chi connectivity index (χ1v) is 8.69. The molecule has 0 aliphatic heterocycles. The second-order valence-electron chi connectivity index (χ2n) is 4.95. The van der Waals surface area contributed by atoms with E-state index in [1.54, 1.807) is 0 Å². The first-order chi connectivity index (χ1) is 9.24. The number of unbranched alkanes of at least 4 members (excludes halogenated alkanes) is 6. The highest BCUT2D eigenvalue weighted by atomic mass is 79.9. The maximum absolute atomic E-state index is 6.08. The molecule has 0 heterocycles. The van der Waals surface area contributed by atoms with Crippen LogP contribution >= 0.6 is 27.5 Å². The van der Waals surface area contributed by atoms with E-state index in [2.05, 4.69) is 22.9 Å². The van der Waals surface area contributed by atoms with Crippen LogP contribution in [0.1, 0.15) is 50.5 Å². The number of alkyl halides is 1. The average molecular weight is 348 g/mol. The summed E-state index contributed by atoms with van der Waals surface area (Å²) in [6.45, 7) is 2.82. The molecule has 0 fully saturated rings. The van der Waals surface area contributed by atoms with Crippen LogP contribution in [0.3, 0.4) is 0 Å². The second-order valence-corrected chi connectivity index (χ2v) is 6.15. The van der Waals surface area contributed by atoms with Gasteiger partial charge in [-0.15, -0.1) is 0 Å². The van der Waals surface area contributed by atoms with Crippen molar-refractivity contribution in [2.75, 3.05) is 11.9 Å². The van der Waals surface area contributed by atoms with Crippen molar-refractivity contribution in [1.29, 1.82) is 0 Å². The third kappa shape index (κ3) is 7.84. The van der Waals surface area contributed by atoms with Crippen molar-refractivity contribution in [2.24, 2.45) is 0 Å². The number of hydrogen-bond acceptors (Lipinski definition) is 1. The number of rotatable bonds is 10. The van der Waals surface area contributed by atoms with Crippen molar-refractivity contribution >= 4 is 27.5 Å². The zero-order chi connectivity index (χ0) is 13.9. The van der Waals surface area contributed by atoms with E-state index in [0.717, 1.165) is 24.1 Å².